The molecule has 0 aliphatic heterocycles. The predicted octanol–water partition coefficient (Wildman–Crippen LogP) is 2.22. The average Bonchev–Trinajstić information content (AvgIpc) is 3.22. The predicted molar refractivity (Wildman–Crippen MR) is 102 cm³/mol. The third-order valence-electron chi connectivity index (χ3n) is 4.62. The summed E-state index contributed by atoms with van der Waals surface area (Å²) in [6.45, 7) is 4.23. The normalized spacial score (nSPS) is 11.3. The first-order valence-electron chi connectivity index (χ1n) is 8.81. The molecule has 0 atom stereocenters. The average molecular weight is 364 g/mol. The van der Waals surface area contributed by atoms with Crippen LogP contribution in [0.4, 0.5) is 0 Å². The van der Waals surface area contributed by atoms with Crippen LogP contribution < -0.4 is 10.9 Å². The molecule has 0 spiro atoms. The Morgan fingerprint density at radius 2 is 1.93 bits per heavy atom. The lowest BCUT2D eigenvalue weighted by atomic mass is 10.1. The Morgan fingerprint density at radius 1 is 1.15 bits per heavy atom. The van der Waals surface area contributed by atoms with E-state index in [0.717, 1.165) is 17.5 Å². The second kappa shape index (κ2) is 6.75. The minimum atomic E-state index is -0.319. The first-order chi connectivity index (χ1) is 13.0. The second-order valence-electron chi connectivity index (χ2n) is 6.63. The number of furan rings is 1. The molecule has 138 valence electrons. The molecule has 4 aromatic rings. The van der Waals surface area contributed by atoms with Gasteiger partial charge in [-0.2, -0.15) is 5.10 Å². The van der Waals surface area contributed by atoms with Gasteiger partial charge in [-0.25, -0.2) is 4.68 Å². The zero-order chi connectivity index (χ0) is 19.0. The quantitative estimate of drug-likeness (QED) is 0.589. The van der Waals surface area contributed by atoms with Crippen molar-refractivity contribution in [2.45, 2.75) is 26.8 Å². The molecule has 0 saturated heterocycles. The van der Waals surface area contributed by atoms with Gasteiger partial charge in [0.25, 0.3) is 5.56 Å². The molecule has 1 aromatic carbocycles. The molecule has 3 heterocycles. The van der Waals surface area contributed by atoms with Gasteiger partial charge in [0.15, 0.2) is 5.58 Å². The summed E-state index contributed by atoms with van der Waals surface area (Å²) in [7, 11) is 0. The summed E-state index contributed by atoms with van der Waals surface area (Å²) in [6.07, 6.45) is 2.31. The summed E-state index contributed by atoms with van der Waals surface area (Å²) < 4.78 is 8.30. The lowest BCUT2D eigenvalue weighted by molar-refractivity contribution is -0.121. The molecule has 0 aliphatic carbocycles. The Morgan fingerprint density at radius 3 is 2.70 bits per heavy atom. The maximum absolute atomic E-state index is 12.7. The Hall–Kier alpha value is -3.35. The van der Waals surface area contributed by atoms with Crippen LogP contribution in [0.2, 0.25) is 0 Å². The standard InChI is InChI=1S/C20H20N4O3/c1-13-3-5-15(6-4-13)7-9-21-19(25)12-23-20(26)17-11-18-16(8-10-27-18)24(17)14(2)22-23/h3-6,8,10-11H,7,9,12H2,1-2H3,(H,21,25). The number of amides is 1. The van der Waals surface area contributed by atoms with E-state index < -0.39 is 0 Å². The third-order valence-corrected chi connectivity index (χ3v) is 4.62. The highest BCUT2D eigenvalue weighted by Crippen LogP contribution is 2.19. The first-order valence-corrected chi connectivity index (χ1v) is 8.81. The van der Waals surface area contributed by atoms with Crippen LogP contribution in [-0.2, 0) is 17.8 Å². The van der Waals surface area contributed by atoms with E-state index >= 15 is 0 Å². The highest BCUT2D eigenvalue weighted by atomic mass is 16.3. The van der Waals surface area contributed by atoms with Gasteiger partial charge in [-0.3, -0.25) is 14.0 Å². The van der Waals surface area contributed by atoms with Gasteiger partial charge in [-0.15, -0.1) is 0 Å². The van der Waals surface area contributed by atoms with E-state index in [2.05, 4.69) is 10.4 Å². The van der Waals surface area contributed by atoms with Gasteiger partial charge in [-0.1, -0.05) is 29.8 Å². The van der Waals surface area contributed by atoms with Crippen molar-refractivity contribution in [1.29, 1.82) is 0 Å². The van der Waals surface area contributed by atoms with Gasteiger partial charge < -0.3 is 9.73 Å². The zero-order valence-electron chi connectivity index (χ0n) is 15.2. The zero-order valence-corrected chi connectivity index (χ0v) is 15.2. The lowest BCUT2D eigenvalue weighted by Crippen LogP contribution is -2.35. The molecule has 1 amide bonds. The smallest absolute Gasteiger partial charge is 0.291 e. The van der Waals surface area contributed by atoms with Crippen LogP contribution in [0.15, 0.2) is 51.9 Å². The fourth-order valence-electron chi connectivity index (χ4n) is 3.23. The van der Waals surface area contributed by atoms with E-state index in [1.807, 2.05) is 31.2 Å². The number of benzene rings is 1. The van der Waals surface area contributed by atoms with Gasteiger partial charge in [0.05, 0.1) is 11.8 Å². The molecule has 0 radical (unpaired) electrons. The number of nitrogens with one attached hydrogen (secondary N) is 1. The van der Waals surface area contributed by atoms with Gasteiger partial charge >= 0.3 is 0 Å². The number of carbonyl (C=O) groups is 1. The minimum absolute atomic E-state index is 0.114. The van der Waals surface area contributed by atoms with Crippen molar-refractivity contribution in [3.8, 4) is 0 Å². The number of aromatic nitrogens is 3. The number of fused-ring (bicyclic) bond motifs is 3. The Bertz CT molecular complexity index is 1180. The monoisotopic (exact) mass is 364 g/mol. The Balaban J connectivity index is 1.47. The Kier molecular flexibility index (Phi) is 4.27. The van der Waals surface area contributed by atoms with Crippen LogP contribution in [-0.4, -0.2) is 26.6 Å². The molecule has 0 unspecified atom stereocenters. The van der Waals surface area contributed by atoms with Crippen LogP contribution in [0.3, 0.4) is 0 Å². The van der Waals surface area contributed by atoms with Crippen molar-refractivity contribution < 1.29 is 9.21 Å². The fourth-order valence-corrected chi connectivity index (χ4v) is 3.23. The van der Waals surface area contributed by atoms with Gasteiger partial charge in [0.2, 0.25) is 5.91 Å². The molecule has 7 nitrogen and oxygen atoms in total. The van der Waals surface area contributed by atoms with E-state index in [1.165, 1.54) is 10.2 Å². The molecule has 0 bridgehead atoms. The van der Waals surface area contributed by atoms with E-state index in [0.29, 0.717) is 23.5 Å². The van der Waals surface area contributed by atoms with E-state index in [9.17, 15) is 9.59 Å². The van der Waals surface area contributed by atoms with E-state index in [1.54, 1.807) is 29.7 Å². The highest BCUT2D eigenvalue weighted by molar-refractivity contribution is 5.82. The first kappa shape index (κ1) is 17.1. The number of hydrogen-bond acceptors (Lipinski definition) is 4. The maximum atomic E-state index is 12.7. The number of carbonyl (C=O) groups excluding carboxylic acids is 1. The van der Waals surface area contributed by atoms with Crippen LogP contribution in [0, 0.1) is 13.8 Å². The van der Waals surface area contributed by atoms with Crippen molar-refractivity contribution in [2.24, 2.45) is 0 Å². The van der Waals surface area contributed by atoms with E-state index in [4.69, 9.17) is 4.42 Å². The van der Waals surface area contributed by atoms with Crippen molar-refractivity contribution in [3.63, 3.8) is 0 Å². The van der Waals surface area contributed by atoms with Gasteiger partial charge in [0, 0.05) is 18.7 Å². The summed E-state index contributed by atoms with van der Waals surface area (Å²) in [5.74, 6) is 0.379. The summed E-state index contributed by atoms with van der Waals surface area (Å²) in [4.78, 5) is 24.9. The Labute approximate surface area is 155 Å². The molecule has 0 saturated carbocycles. The maximum Gasteiger partial charge on any atom is 0.291 e. The van der Waals surface area contributed by atoms with E-state index in [-0.39, 0.29) is 18.0 Å². The van der Waals surface area contributed by atoms with Crippen molar-refractivity contribution in [1.82, 2.24) is 19.5 Å². The number of hydrogen-bond donors (Lipinski definition) is 1. The summed E-state index contributed by atoms with van der Waals surface area (Å²) >= 11 is 0. The fraction of sp³-hybridized carbons (Fsp3) is 0.250. The van der Waals surface area contributed by atoms with Crippen LogP contribution in [0.5, 0.6) is 0 Å². The van der Waals surface area contributed by atoms with Crippen LogP contribution >= 0.6 is 0 Å². The van der Waals surface area contributed by atoms with Crippen molar-refractivity contribution >= 4 is 22.5 Å². The molecule has 1 N–H and O–H groups in total. The lowest BCUT2D eigenvalue weighted by Gasteiger charge is -2.09. The largest absolute Gasteiger partial charge is 0.463 e. The number of nitrogens with zero attached hydrogens (tertiary/aromatic N) is 3. The molecule has 3 aromatic heterocycles. The third kappa shape index (κ3) is 3.23. The molecule has 0 fully saturated rings. The van der Waals surface area contributed by atoms with Crippen LogP contribution in [0.25, 0.3) is 16.6 Å². The SMILES string of the molecule is Cc1ccc(CCNC(=O)Cn2nc(C)n3c(cc4occc43)c2=O)cc1. The topological polar surface area (TPSA) is 81.5 Å². The molecular formula is C20H20N4O3. The van der Waals surface area contributed by atoms with Crippen LogP contribution in [0.1, 0.15) is 17.0 Å². The van der Waals surface area contributed by atoms with Crippen molar-refractivity contribution in [2.75, 3.05) is 6.54 Å². The summed E-state index contributed by atoms with van der Waals surface area (Å²) in [5.41, 5.74) is 3.91. The molecule has 0 aliphatic rings. The summed E-state index contributed by atoms with van der Waals surface area (Å²) in [5, 5.41) is 7.13. The van der Waals surface area contributed by atoms with Gasteiger partial charge in [0.1, 0.15) is 17.9 Å². The van der Waals surface area contributed by atoms with Gasteiger partial charge in [-0.05, 0) is 25.8 Å². The minimum Gasteiger partial charge on any atom is -0.463 e. The highest BCUT2D eigenvalue weighted by Gasteiger charge is 2.15. The van der Waals surface area contributed by atoms with Crippen molar-refractivity contribution in [3.05, 3.63) is 70.0 Å². The molecule has 7 heteroatoms. The molecule has 4 rings (SSSR count). The summed E-state index contributed by atoms with van der Waals surface area (Å²) in [6, 6.07) is 11.7. The number of rotatable bonds is 5. The second-order valence-corrected chi connectivity index (χ2v) is 6.63. The molecular weight excluding hydrogens is 344 g/mol. The molecule has 27 heavy (non-hydrogen) atoms. The number of aryl methyl sites for hydroxylation is 2.